The van der Waals surface area contributed by atoms with Crippen LogP contribution in [-0.4, -0.2) is 43.2 Å². The summed E-state index contributed by atoms with van der Waals surface area (Å²) in [6.07, 6.45) is 0.221. The third-order valence-corrected chi connectivity index (χ3v) is 3.30. The van der Waals surface area contributed by atoms with Crippen molar-refractivity contribution < 1.29 is 9.53 Å². The topological polar surface area (TPSA) is 41.6 Å². The van der Waals surface area contributed by atoms with Crippen molar-refractivity contribution in [3.8, 4) is 0 Å². The summed E-state index contributed by atoms with van der Waals surface area (Å²) in [6.45, 7) is 7.53. The number of carbonyl (C=O) groups is 1. The molecule has 2 rings (SSSR count). The Hall–Kier alpha value is -1.39. The van der Waals surface area contributed by atoms with Gasteiger partial charge in [-0.1, -0.05) is 29.8 Å². The molecule has 104 valence electrons. The van der Waals surface area contributed by atoms with Crippen molar-refractivity contribution in [2.45, 2.75) is 26.5 Å². The van der Waals surface area contributed by atoms with Crippen molar-refractivity contribution in [2.75, 3.05) is 26.2 Å². The molecule has 0 aromatic heterocycles. The van der Waals surface area contributed by atoms with Crippen LogP contribution in [0.15, 0.2) is 24.3 Å². The summed E-state index contributed by atoms with van der Waals surface area (Å²) in [7, 11) is 0. The highest BCUT2D eigenvalue weighted by Crippen LogP contribution is 2.04. The molecular formula is C15H22N2O2. The van der Waals surface area contributed by atoms with E-state index in [-0.39, 0.29) is 12.0 Å². The van der Waals surface area contributed by atoms with Crippen LogP contribution in [0, 0.1) is 6.92 Å². The average Bonchev–Trinajstić information content (AvgIpc) is 2.38. The van der Waals surface area contributed by atoms with Crippen LogP contribution < -0.4 is 5.32 Å². The number of carbonyl (C=O) groups excluding carboxylic acids is 1. The van der Waals surface area contributed by atoms with E-state index in [0.717, 1.165) is 18.7 Å². The predicted molar refractivity (Wildman–Crippen MR) is 74.9 cm³/mol. The maximum Gasteiger partial charge on any atom is 0.234 e. The second-order valence-electron chi connectivity index (χ2n) is 5.18. The Morgan fingerprint density at radius 1 is 1.42 bits per heavy atom. The number of amides is 1. The van der Waals surface area contributed by atoms with E-state index in [1.165, 1.54) is 5.56 Å². The number of aryl methyl sites for hydroxylation is 1. The maximum absolute atomic E-state index is 11.9. The van der Waals surface area contributed by atoms with Gasteiger partial charge in [0, 0.05) is 19.6 Å². The summed E-state index contributed by atoms with van der Waals surface area (Å²) in [6, 6.07) is 8.22. The van der Waals surface area contributed by atoms with Crippen LogP contribution in [0.3, 0.4) is 0 Å². The van der Waals surface area contributed by atoms with Crippen LogP contribution in [0.2, 0.25) is 0 Å². The van der Waals surface area contributed by atoms with E-state index >= 15 is 0 Å². The van der Waals surface area contributed by atoms with Crippen molar-refractivity contribution in [3.63, 3.8) is 0 Å². The first-order chi connectivity index (χ1) is 9.13. The van der Waals surface area contributed by atoms with Gasteiger partial charge in [-0.15, -0.1) is 0 Å². The van der Waals surface area contributed by atoms with E-state index in [9.17, 15) is 4.79 Å². The lowest BCUT2D eigenvalue weighted by atomic mass is 10.1. The van der Waals surface area contributed by atoms with Gasteiger partial charge in [-0.25, -0.2) is 0 Å². The Bertz CT molecular complexity index is 417. The second kappa shape index (κ2) is 6.68. The standard InChI is InChI=1S/C15H22N2O2/c1-12-3-5-14(6-4-12)9-16-15(18)11-17-7-8-19-13(2)10-17/h3-6,13H,7-11H2,1-2H3,(H,16,18). The van der Waals surface area contributed by atoms with Crippen LogP contribution >= 0.6 is 0 Å². The van der Waals surface area contributed by atoms with Crippen molar-refractivity contribution in [3.05, 3.63) is 35.4 Å². The third-order valence-electron chi connectivity index (χ3n) is 3.30. The molecule has 1 aromatic rings. The summed E-state index contributed by atoms with van der Waals surface area (Å²) in [5.41, 5.74) is 2.37. The molecule has 1 fully saturated rings. The predicted octanol–water partition coefficient (Wildman–Crippen LogP) is 1.33. The lowest BCUT2D eigenvalue weighted by Gasteiger charge is -2.30. The van der Waals surface area contributed by atoms with Crippen LogP contribution in [-0.2, 0) is 16.1 Å². The lowest BCUT2D eigenvalue weighted by molar-refractivity contribution is -0.124. The molecule has 4 heteroatoms. The molecule has 19 heavy (non-hydrogen) atoms. The van der Waals surface area contributed by atoms with Crippen molar-refractivity contribution in [1.82, 2.24) is 10.2 Å². The van der Waals surface area contributed by atoms with Gasteiger partial charge in [0.05, 0.1) is 19.3 Å². The highest BCUT2D eigenvalue weighted by atomic mass is 16.5. The number of rotatable bonds is 4. The molecule has 0 radical (unpaired) electrons. The summed E-state index contributed by atoms with van der Waals surface area (Å²) in [4.78, 5) is 14.0. The molecule has 1 aromatic carbocycles. The van der Waals surface area contributed by atoms with E-state index in [0.29, 0.717) is 19.7 Å². The molecule has 1 aliphatic heterocycles. The van der Waals surface area contributed by atoms with Gasteiger partial charge in [0.1, 0.15) is 0 Å². The fraction of sp³-hybridized carbons (Fsp3) is 0.533. The Morgan fingerprint density at radius 3 is 2.84 bits per heavy atom. The monoisotopic (exact) mass is 262 g/mol. The van der Waals surface area contributed by atoms with Crippen LogP contribution in [0.4, 0.5) is 0 Å². The van der Waals surface area contributed by atoms with Crippen LogP contribution in [0.1, 0.15) is 18.1 Å². The highest BCUT2D eigenvalue weighted by Gasteiger charge is 2.18. The fourth-order valence-electron chi connectivity index (χ4n) is 2.20. The van der Waals surface area contributed by atoms with Crippen molar-refractivity contribution >= 4 is 5.91 Å². The van der Waals surface area contributed by atoms with E-state index in [4.69, 9.17) is 4.74 Å². The molecule has 0 saturated carbocycles. The minimum atomic E-state index is 0.0784. The Morgan fingerprint density at radius 2 is 2.16 bits per heavy atom. The summed E-state index contributed by atoms with van der Waals surface area (Å²) >= 11 is 0. The van der Waals surface area contributed by atoms with E-state index in [1.807, 2.05) is 19.1 Å². The first-order valence-corrected chi connectivity index (χ1v) is 6.79. The van der Waals surface area contributed by atoms with Gasteiger partial charge in [-0.3, -0.25) is 9.69 Å². The zero-order valence-electron chi connectivity index (χ0n) is 11.7. The van der Waals surface area contributed by atoms with Gasteiger partial charge in [-0.2, -0.15) is 0 Å². The largest absolute Gasteiger partial charge is 0.376 e. The quantitative estimate of drug-likeness (QED) is 0.890. The fourth-order valence-corrected chi connectivity index (χ4v) is 2.20. The van der Waals surface area contributed by atoms with Crippen molar-refractivity contribution in [2.24, 2.45) is 0 Å². The number of nitrogens with one attached hydrogen (secondary N) is 1. The smallest absolute Gasteiger partial charge is 0.234 e. The zero-order chi connectivity index (χ0) is 13.7. The number of ether oxygens (including phenoxy) is 1. The van der Waals surface area contributed by atoms with Gasteiger partial charge in [0.25, 0.3) is 0 Å². The first kappa shape index (κ1) is 14.0. The molecule has 0 spiro atoms. The molecule has 1 unspecified atom stereocenters. The number of hydrogen-bond donors (Lipinski definition) is 1. The average molecular weight is 262 g/mol. The minimum Gasteiger partial charge on any atom is -0.376 e. The molecule has 0 bridgehead atoms. The highest BCUT2D eigenvalue weighted by molar-refractivity contribution is 5.78. The summed E-state index contributed by atoms with van der Waals surface area (Å²) in [5.74, 6) is 0.0784. The van der Waals surface area contributed by atoms with Crippen LogP contribution in [0.5, 0.6) is 0 Å². The van der Waals surface area contributed by atoms with Crippen LogP contribution in [0.25, 0.3) is 0 Å². The van der Waals surface area contributed by atoms with Gasteiger partial charge in [0.15, 0.2) is 0 Å². The van der Waals surface area contributed by atoms with Gasteiger partial charge in [-0.05, 0) is 19.4 Å². The number of benzene rings is 1. The lowest BCUT2D eigenvalue weighted by Crippen LogP contribution is -2.45. The van der Waals surface area contributed by atoms with E-state index in [1.54, 1.807) is 0 Å². The second-order valence-corrected chi connectivity index (χ2v) is 5.18. The molecule has 1 amide bonds. The Labute approximate surface area is 114 Å². The molecule has 1 aliphatic rings. The van der Waals surface area contributed by atoms with Gasteiger partial charge < -0.3 is 10.1 Å². The maximum atomic E-state index is 11.9. The molecular weight excluding hydrogens is 240 g/mol. The molecule has 1 heterocycles. The van der Waals surface area contributed by atoms with Gasteiger partial charge in [0.2, 0.25) is 5.91 Å². The Kier molecular flexibility index (Phi) is 4.93. The number of nitrogens with zero attached hydrogens (tertiary/aromatic N) is 1. The third kappa shape index (κ3) is 4.65. The molecule has 4 nitrogen and oxygen atoms in total. The molecule has 0 aliphatic carbocycles. The zero-order valence-corrected chi connectivity index (χ0v) is 11.7. The molecule has 1 saturated heterocycles. The summed E-state index contributed by atoms with van der Waals surface area (Å²) in [5, 5.41) is 2.96. The van der Waals surface area contributed by atoms with E-state index in [2.05, 4.69) is 29.3 Å². The normalized spacial score (nSPS) is 20.2. The molecule has 1 N–H and O–H groups in total. The number of morpholine rings is 1. The van der Waals surface area contributed by atoms with Crippen molar-refractivity contribution in [1.29, 1.82) is 0 Å². The van der Waals surface area contributed by atoms with E-state index < -0.39 is 0 Å². The SMILES string of the molecule is Cc1ccc(CNC(=O)CN2CCOC(C)C2)cc1. The number of hydrogen-bond acceptors (Lipinski definition) is 3. The summed E-state index contributed by atoms with van der Waals surface area (Å²) < 4.78 is 5.46. The van der Waals surface area contributed by atoms with Gasteiger partial charge >= 0.3 is 0 Å². The molecule has 1 atom stereocenters. The first-order valence-electron chi connectivity index (χ1n) is 6.79. The minimum absolute atomic E-state index is 0.0784. The Balaban J connectivity index is 1.73.